The number of carboxylic acid groups (broad SMARTS) is 1. The SMILES string of the molecule is NC(=O)c1ccc(NC2(C(=O)O)CCCCCC2)cc1Br. The van der Waals surface area contributed by atoms with Crippen LogP contribution in [0.1, 0.15) is 48.9 Å². The quantitative estimate of drug-likeness (QED) is 0.724. The maximum atomic E-state index is 11.7. The number of amides is 1. The fourth-order valence-corrected chi connectivity index (χ4v) is 3.37. The van der Waals surface area contributed by atoms with E-state index in [-0.39, 0.29) is 0 Å². The Morgan fingerprint density at radius 2 is 1.81 bits per heavy atom. The molecule has 1 aliphatic carbocycles. The van der Waals surface area contributed by atoms with Gasteiger partial charge in [-0.2, -0.15) is 0 Å². The van der Waals surface area contributed by atoms with Gasteiger partial charge in [0.15, 0.2) is 0 Å². The van der Waals surface area contributed by atoms with Gasteiger partial charge >= 0.3 is 5.97 Å². The van der Waals surface area contributed by atoms with Gasteiger partial charge in [-0.1, -0.05) is 25.7 Å². The van der Waals surface area contributed by atoms with Crippen LogP contribution < -0.4 is 11.1 Å². The minimum absolute atomic E-state index is 0.380. The predicted molar refractivity (Wildman–Crippen MR) is 84.4 cm³/mol. The molecule has 0 saturated heterocycles. The molecule has 6 heteroatoms. The van der Waals surface area contributed by atoms with E-state index in [4.69, 9.17) is 5.73 Å². The van der Waals surface area contributed by atoms with Crippen molar-refractivity contribution in [1.82, 2.24) is 0 Å². The molecule has 2 rings (SSSR count). The van der Waals surface area contributed by atoms with Crippen LogP contribution in [0, 0.1) is 0 Å². The van der Waals surface area contributed by atoms with Gasteiger partial charge in [-0.25, -0.2) is 4.79 Å². The number of carbonyl (C=O) groups excluding carboxylic acids is 1. The van der Waals surface area contributed by atoms with Crippen molar-refractivity contribution in [2.75, 3.05) is 5.32 Å². The summed E-state index contributed by atoms with van der Waals surface area (Å²) in [7, 11) is 0. The zero-order valence-electron chi connectivity index (χ0n) is 11.7. The van der Waals surface area contributed by atoms with E-state index in [9.17, 15) is 14.7 Å². The van der Waals surface area contributed by atoms with Crippen molar-refractivity contribution in [3.05, 3.63) is 28.2 Å². The van der Waals surface area contributed by atoms with E-state index in [2.05, 4.69) is 21.2 Å². The summed E-state index contributed by atoms with van der Waals surface area (Å²) in [6.07, 6.45) is 5.16. The van der Waals surface area contributed by atoms with E-state index in [1.807, 2.05) is 0 Å². The third-order valence-electron chi connectivity index (χ3n) is 3.98. The highest BCUT2D eigenvalue weighted by Crippen LogP contribution is 2.32. The number of aliphatic carboxylic acids is 1. The largest absolute Gasteiger partial charge is 0.480 e. The molecule has 21 heavy (non-hydrogen) atoms. The maximum absolute atomic E-state index is 11.7. The van der Waals surface area contributed by atoms with E-state index in [1.165, 1.54) is 0 Å². The standard InChI is InChI=1S/C15H19BrN2O3/c16-12-9-10(5-6-11(12)13(17)19)18-15(14(20)21)7-3-1-2-4-8-15/h5-6,9,18H,1-4,7-8H2,(H2,17,19)(H,20,21). The van der Waals surface area contributed by atoms with Gasteiger partial charge < -0.3 is 16.2 Å². The number of carboxylic acids is 1. The average molecular weight is 355 g/mol. The predicted octanol–water partition coefficient (Wildman–Crippen LogP) is 3.14. The summed E-state index contributed by atoms with van der Waals surface area (Å²) in [4.78, 5) is 23.0. The molecule has 1 aliphatic rings. The minimum atomic E-state index is -0.926. The number of hydrogen-bond donors (Lipinski definition) is 3. The van der Waals surface area contributed by atoms with Crippen molar-refractivity contribution < 1.29 is 14.7 Å². The fourth-order valence-electron chi connectivity index (χ4n) is 2.79. The molecule has 1 amide bonds. The number of rotatable bonds is 4. The van der Waals surface area contributed by atoms with Gasteiger partial charge in [0.25, 0.3) is 0 Å². The number of nitrogens with one attached hydrogen (secondary N) is 1. The first-order valence-electron chi connectivity index (χ1n) is 7.05. The number of anilines is 1. The Balaban J connectivity index is 2.26. The summed E-state index contributed by atoms with van der Waals surface area (Å²) in [6.45, 7) is 0. The molecule has 0 unspecified atom stereocenters. The van der Waals surface area contributed by atoms with Gasteiger partial charge in [-0.3, -0.25) is 4.79 Å². The van der Waals surface area contributed by atoms with Crippen LogP contribution in [0.5, 0.6) is 0 Å². The lowest BCUT2D eigenvalue weighted by molar-refractivity contribution is -0.142. The molecule has 1 saturated carbocycles. The molecule has 0 spiro atoms. The van der Waals surface area contributed by atoms with E-state index in [1.54, 1.807) is 18.2 Å². The second kappa shape index (κ2) is 6.47. The lowest BCUT2D eigenvalue weighted by Gasteiger charge is -2.30. The molecule has 0 bridgehead atoms. The first-order chi connectivity index (χ1) is 9.94. The van der Waals surface area contributed by atoms with Crippen LogP contribution in [0.2, 0.25) is 0 Å². The van der Waals surface area contributed by atoms with Crippen LogP contribution in [0.25, 0.3) is 0 Å². The zero-order chi connectivity index (χ0) is 15.5. The Kier molecular flexibility index (Phi) is 4.88. The summed E-state index contributed by atoms with van der Waals surface area (Å²) in [6, 6.07) is 5.00. The van der Waals surface area contributed by atoms with Crippen LogP contribution in [-0.4, -0.2) is 22.5 Å². The minimum Gasteiger partial charge on any atom is -0.480 e. The molecular weight excluding hydrogens is 336 g/mol. The Bertz CT molecular complexity index is 552. The number of nitrogens with two attached hydrogens (primary N) is 1. The van der Waals surface area contributed by atoms with Crippen LogP contribution in [0.15, 0.2) is 22.7 Å². The van der Waals surface area contributed by atoms with Gasteiger partial charge in [0.2, 0.25) is 5.91 Å². The number of primary amides is 1. The molecule has 1 aromatic rings. The van der Waals surface area contributed by atoms with Crippen LogP contribution in [0.3, 0.4) is 0 Å². The highest BCUT2D eigenvalue weighted by Gasteiger charge is 2.38. The summed E-state index contributed by atoms with van der Waals surface area (Å²) in [5, 5.41) is 12.8. The molecule has 0 aromatic heterocycles. The van der Waals surface area contributed by atoms with Crippen molar-refractivity contribution >= 4 is 33.5 Å². The Hall–Kier alpha value is -1.56. The number of carbonyl (C=O) groups is 2. The molecule has 0 aliphatic heterocycles. The second-order valence-corrected chi connectivity index (χ2v) is 6.34. The molecule has 5 nitrogen and oxygen atoms in total. The zero-order valence-corrected chi connectivity index (χ0v) is 13.3. The van der Waals surface area contributed by atoms with Gasteiger partial charge in [-0.05, 0) is 47.0 Å². The monoisotopic (exact) mass is 354 g/mol. The first-order valence-corrected chi connectivity index (χ1v) is 7.85. The van der Waals surface area contributed by atoms with Gasteiger partial charge in [0.05, 0.1) is 5.56 Å². The lowest BCUT2D eigenvalue weighted by atomic mass is 9.90. The summed E-state index contributed by atoms with van der Waals surface area (Å²) >= 11 is 3.29. The van der Waals surface area contributed by atoms with Gasteiger partial charge in [-0.15, -0.1) is 0 Å². The number of hydrogen-bond acceptors (Lipinski definition) is 3. The van der Waals surface area contributed by atoms with E-state index >= 15 is 0 Å². The lowest BCUT2D eigenvalue weighted by Crippen LogP contribution is -2.46. The van der Waals surface area contributed by atoms with Crippen LogP contribution in [0.4, 0.5) is 5.69 Å². The molecule has 0 heterocycles. The van der Waals surface area contributed by atoms with E-state index < -0.39 is 17.4 Å². The normalized spacial score (nSPS) is 17.8. The molecule has 4 N–H and O–H groups in total. The van der Waals surface area contributed by atoms with E-state index in [0.29, 0.717) is 28.6 Å². The molecular formula is C15H19BrN2O3. The van der Waals surface area contributed by atoms with Crippen molar-refractivity contribution in [2.45, 2.75) is 44.1 Å². The topological polar surface area (TPSA) is 92.4 Å². The summed E-state index contributed by atoms with van der Waals surface area (Å²) < 4.78 is 0.564. The van der Waals surface area contributed by atoms with E-state index in [0.717, 1.165) is 25.7 Å². The maximum Gasteiger partial charge on any atom is 0.329 e. The Labute approximate surface area is 132 Å². The van der Waals surface area contributed by atoms with Crippen LogP contribution >= 0.6 is 15.9 Å². The number of halogens is 1. The van der Waals surface area contributed by atoms with Crippen molar-refractivity contribution in [3.8, 4) is 0 Å². The summed E-state index contributed by atoms with van der Waals surface area (Å²) in [5.41, 5.74) is 5.39. The molecule has 0 radical (unpaired) electrons. The third kappa shape index (κ3) is 3.56. The Morgan fingerprint density at radius 3 is 2.29 bits per heavy atom. The molecule has 1 fully saturated rings. The highest BCUT2D eigenvalue weighted by atomic mass is 79.9. The number of benzene rings is 1. The average Bonchev–Trinajstić information content (AvgIpc) is 2.65. The van der Waals surface area contributed by atoms with Crippen molar-refractivity contribution in [1.29, 1.82) is 0 Å². The highest BCUT2D eigenvalue weighted by molar-refractivity contribution is 9.10. The Morgan fingerprint density at radius 1 is 1.19 bits per heavy atom. The molecule has 0 atom stereocenters. The van der Waals surface area contributed by atoms with Gasteiger partial charge in [0, 0.05) is 10.2 Å². The van der Waals surface area contributed by atoms with Crippen molar-refractivity contribution in [2.24, 2.45) is 5.73 Å². The fraction of sp³-hybridized carbons (Fsp3) is 0.467. The first kappa shape index (κ1) is 15.8. The molecule has 114 valence electrons. The van der Waals surface area contributed by atoms with Crippen molar-refractivity contribution in [3.63, 3.8) is 0 Å². The molecule has 1 aromatic carbocycles. The van der Waals surface area contributed by atoms with Gasteiger partial charge in [0.1, 0.15) is 5.54 Å². The van der Waals surface area contributed by atoms with Crippen LogP contribution in [-0.2, 0) is 4.79 Å². The second-order valence-electron chi connectivity index (χ2n) is 5.49. The third-order valence-corrected chi connectivity index (χ3v) is 4.64. The summed E-state index contributed by atoms with van der Waals surface area (Å²) in [5.74, 6) is -1.34. The smallest absolute Gasteiger partial charge is 0.329 e.